The molecule has 0 aliphatic heterocycles. The Morgan fingerprint density at radius 2 is 1.56 bits per heavy atom. The SMILES string of the molecule is CN(C)S(=O)(=O)c1cccc(S(=O)(=O)NCC(N)c2ccccc2)c1. The quantitative estimate of drug-likeness (QED) is 0.739. The molecule has 25 heavy (non-hydrogen) atoms. The first-order valence-corrected chi connectivity index (χ1v) is 10.4. The van der Waals surface area contributed by atoms with Gasteiger partial charge < -0.3 is 5.73 Å². The molecule has 2 aromatic rings. The summed E-state index contributed by atoms with van der Waals surface area (Å²) in [7, 11) is -4.84. The molecule has 0 aliphatic rings. The zero-order valence-corrected chi connectivity index (χ0v) is 15.6. The van der Waals surface area contributed by atoms with Gasteiger partial charge in [-0.1, -0.05) is 36.4 Å². The molecule has 0 saturated carbocycles. The Morgan fingerprint density at radius 1 is 0.960 bits per heavy atom. The zero-order valence-electron chi connectivity index (χ0n) is 14.0. The second kappa shape index (κ2) is 7.63. The minimum absolute atomic E-state index is 0.00297. The number of nitrogens with one attached hydrogen (secondary N) is 1. The van der Waals surface area contributed by atoms with Crippen molar-refractivity contribution in [2.75, 3.05) is 20.6 Å². The van der Waals surface area contributed by atoms with Crippen molar-refractivity contribution in [3.8, 4) is 0 Å². The van der Waals surface area contributed by atoms with Gasteiger partial charge in [0.2, 0.25) is 20.0 Å². The highest BCUT2D eigenvalue weighted by molar-refractivity contribution is 7.90. The van der Waals surface area contributed by atoms with E-state index < -0.39 is 26.1 Å². The molecule has 0 radical (unpaired) electrons. The molecule has 0 heterocycles. The van der Waals surface area contributed by atoms with E-state index in [9.17, 15) is 16.8 Å². The molecule has 9 heteroatoms. The van der Waals surface area contributed by atoms with Crippen molar-refractivity contribution in [3.63, 3.8) is 0 Å². The van der Waals surface area contributed by atoms with E-state index in [2.05, 4.69) is 4.72 Å². The first-order valence-electron chi connectivity index (χ1n) is 7.47. The topological polar surface area (TPSA) is 110 Å². The third kappa shape index (κ3) is 4.65. The summed E-state index contributed by atoms with van der Waals surface area (Å²) >= 11 is 0. The predicted molar refractivity (Wildman–Crippen MR) is 95.9 cm³/mol. The molecule has 2 aromatic carbocycles. The summed E-state index contributed by atoms with van der Waals surface area (Å²) in [6.45, 7) is -0.00297. The van der Waals surface area contributed by atoms with Crippen molar-refractivity contribution in [2.45, 2.75) is 15.8 Å². The van der Waals surface area contributed by atoms with E-state index >= 15 is 0 Å². The van der Waals surface area contributed by atoms with E-state index in [1.54, 1.807) is 0 Å². The van der Waals surface area contributed by atoms with Gasteiger partial charge in [-0.3, -0.25) is 0 Å². The number of sulfonamides is 2. The van der Waals surface area contributed by atoms with Gasteiger partial charge in [-0.15, -0.1) is 0 Å². The summed E-state index contributed by atoms with van der Waals surface area (Å²) in [5.74, 6) is 0. The Labute approximate surface area is 148 Å². The minimum Gasteiger partial charge on any atom is -0.323 e. The van der Waals surface area contributed by atoms with Crippen LogP contribution in [0.4, 0.5) is 0 Å². The van der Waals surface area contributed by atoms with E-state index in [-0.39, 0.29) is 16.3 Å². The Bertz CT molecular complexity index is 927. The number of hydrogen-bond acceptors (Lipinski definition) is 5. The third-order valence-corrected chi connectivity index (χ3v) is 6.85. The molecule has 7 nitrogen and oxygen atoms in total. The lowest BCUT2D eigenvalue weighted by molar-refractivity contribution is 0.520. The molecule has 0 fully saturated rings. The largest absolute Gasteiger partial charge is 0.323 e. The van der Waals surface area contributed by atoms with Gasteiger partial charge in [0.05, 0.1) is 9.79 Å². The standard InChI is InChI=1S/C16H21N3O4S2/c1-19(2)25(22,23)15-10-6-9-14(11-15)24(20,21)18-12-16(17)13-7-4-3-5-8-13/h3-11,16,18H,12,17H2,1-2H3. The van der Waals surface area contributed by atoms with Gasteiger partial charge in [0.15, 0.2) is 0 Å². The van der Waals surface area contributed by atoms with Crippen LogP contribution in [0.2, 0.25) is 0 Å². The second-order valence-corrected chi connectivity index (χ2v) is 9.55. The summed E-state index contributed by atoms with van der Waals surface area (Å²) < 4.78 is 52.6. The number of hydrogen-bond donors (Lipinski definition) is 2. The number of nitrogens with two attached hydrogens (primary N) is 1. The number of benzene rings is 2. The Balaban J connectivity index is 2.20. The minimum atomic E-state index is -3.88. The zero-order chi connectivity index (χ0) is 18.7. The Hall–Kier alpha value is -1.78. The fraction of sp³-hybridized carbons (Fsp3) is 0.250. The lowest BCUT2D eigenvalue weighted by Crippen LogP contribution is -2.32. The predicted octanol–water partition coefficient (Wildman–Crippen LogP) is 0.915. The maximum Gasteiger partial charge on any atom is 0.242 e. The van der Waals surface area contributed by atoms with Crippen molar-refractivity contribution in [1.29, 1.82) is 0 Å². The molecule has 0 saturated heterocycles. The molecule has 0 spiro atoms. The van der Waals surface area contributed by atoms with Gasteiger partial charge in [0, 0.05) is 26.7 Å². The van der Waals surface area contributed by atoms with E-state index in [0.29, 0.717) is 0 Å². The first-order chi connectivity index (χ1) is 11.6. The highest BCUT2D eigenvalue weighted by atomic mass is 32.2. The van der Waals surface area contributed by atoms with Crippen molar-refractivity contribution < 1.29 is 16.8 Å². The van der Waals surface area contributed by atoms with Crippen LogP contribution >= 0.6 is 0 Å². The molecule has 0 amide bonds. The molecule has 0 aliphatic carbocycles. The van der Waals surface area contributed by atoms with Crippen LogP contribution in [0.5, 0.6) is 0 Å². The lowest BCUT2D eigenvalue weighted by Gasteiger charge is -2.15. The summed E-state index contributed by atoms with van der Waals surface area (Å²) in [4.78, 5) is -0.219. The first kappa shape index (κ1) is 19.5. The fourth-order valence-corrected chi connectivity index (χ4v) is 4.24. The van der Waals surface area contributed by atoms with Crippen LogP contribution in [0, 0.1) is 0 Å². The van der Waals surface area contributed by atoms with Crippen molar-refractivity contribution in [3.05, 3.63) is 60.2 Å². The summed E-state index contributed by atoms with van der Waals surface area (Å²) in [6, 6.07) is 13.8. The number of rotatable bonds is 7. The maximum absolute atomic E-state index is 12.4. The molecular formula is C16H21N3O4S2. The maximum atomic E-state index is 12.4. The highest BCUT2D eigenvalue weighted by Gasteiger charge is 2.21. The smallest absolute Gasteiger partial charge is 0.242 e. The van der Waals surface area contributed by atoms with Gasteiger partial charge >= 0.3 is 0 Å². The Kier molecular flexibility index (Phi) is 5.96. The van der Waals surface area contributed by atoms with Gasteiger partial charge in [0.1, 0.15) is 0 Å². The van der Waals surface area contributed by atoms with Crippen LogP contribution < -0.4 is 10.5 Å². The van der Waals surface area contributed by atoms with Gasteiger partial charge in [0.25, 0.3) is 0 Å². The monoisotopic (exact) mass is 383 g/mol. The highest BCUT2D eigenvalue weighted by Crippen LogP contribution is 2.18. The average molecular weight is 383 g/mol. The van der Waals surface area contributed by atoms with Crippen LogP contribution in [0.1, 0.15) is 11.6 Å². The molecule has 2 rings (SSSR count). The van der Waals surface area contributed by atoms with E-state index in [1.807, 2.05) is 30.3 Å². The van der Waals surface area contributed by atoms with Crippen LogP contribution in [0.3, 0.4) is 0 Å². The van der Waals surface area contributed by atoms with Crippen molar-refractivity contribution >= 4 is 20.0 Å². The third-order valence-electron chi connectivity index (χ3n) is 3.62. The Morgan fingerprint density at radius 3 is 2.16 bits per heavy atom. The van der Waals surface area contributed by atoms with Gasteiger partial charge in [-0.05, 0) is 23.8 Å². The molecule has 1 unspecified atom stereocenters. The fourth-order valence-electron chi connectivity index (χ4n) is 2.11. The molecule has 3 N–H and O–H groups in total. The van der Waals surface area contributed by atoms with Crippen LogP contribution in [-0.4, -0.2) is 41.8 Å². The van der Waals surface area contributed by atoms with E-state index in [1.165, 1.54) is 32.3 Å². The summed E-state index contributed by atoms with van der Waals surface area (Å²) in [5, 5.41) is 0. The normalized spacial score (nSPS) is 13.8. The van der Waals surface area contributed by atoms with Crippen LogP contribution in [0.25, 0.3) is 0 Å². The number of nitrogens with zero attached hydrogens (tertiary/aromatic N) is 1. The van der Waals surface area contributed by atoms with Crippen LogP contribution in [0.15, 0.2) is 64.4 Å². The molecule has 136 valence electrons. The average Bonchev–Trinajstić information content (AvgIpc) is 2.60. The van der Waals surface area contributed by atoms with Crippen LogP contribution in [-0.2, 0) is 20.0 Å². The summed E-state index contributed by atoms with van der Waals surface area (Å²) in [6.07, 6.45) is 0. The molecule has 0 aromatic heterocycles. The van der Waals surface area contributed by atoms with Gasteiger partial charge in [-0.25, -0.2) is 25.9 Å². The van der Waals surface area contributed by atoms with Gasteiger partial charge in [-0.2, -0.15) is 0 Å². The molecule has 0 bridgehead atoms. The lowest BCUT2D eigenvalue weighted by atomic mass is 10.1. The van der Waals surface area contributed by atoms with Crippen molar-refractivity contribution in [1.82, 2.24) is 9.03 Å². The van der Waals surface area contributed by atoms with E-state index in [4.69, 9.17) is 5.73 Å². The summed E-state index contributed by atoms with van der Waals surface area (Å²) in [5.41, 5.74) is 6.79. The van der Waals surface area contributed by atoms with Crippen molar-refractivity contribution in [2.24, 2.45) is 5.73 Å². The second-order valence-electron chi connectivity index (χ2n) is 5.63. The molecule has 1 atom stereocenters. The molecular weight excluding hydrogens is 362 g/mol. The van der Waals surface area contributed by atoms with E-state index in [0.717, 1.165) is 15.9 Å².